The van der Waals surface area contributed by atoms with Crippen LogP contribution in [0.3, 0.4) is 0 Å². The molecule has 1 heterocycles. The van der Waals surface area contributed by atoms with Crippen molar-refractivity contribution in [3.63, 3.8) is 0 Å². The van der Waals surface area contributed by atoms with Gasteiger partial charge >= 0.3 is 0 Å². The lowest BCUT2D eigenvalue weighted by molar-refractivity contribution is -0.0796. The number of fused-ring (bicyclic) bond motifs is 1. The quantitative estimate of drug-likeness (QED) is 0.847. The number of benzene rings is 2. The Morgan fingerprint density at radius 2 is 1.60 bits per heavy atom. The van der Waals surface area contributed by atoms with E-state index in [4.69, 9.17) is 0 Å². The smallest absolute Gasteiger partial charge is 0.262 e. The normalized spacial score (nSPS) is 21.4. The fraction of sp³-hybridized carbons (Fsp3) is 0.188. The maximum atomic E-state index is 12.7. The van der Waals surface area contributed by atoms with Gasteiger partial charge in [0.25, 0.3) is 5.91 Å². The Morgan fingerprint density at radius 3 is 2.25 bits per heavy atom. The second-order valence-corrected chi connectivity index (χ2v) is 5.05. The molecular weight excluding hydrogens is 252 g/mol. The summed E-state index contributed by atoms with van der Waals surface area (Å²) in [5.41, 5.74) is 1.82. The number of para-hydroxylation sites is 1. The van der Waals surface area contributed by atoms with Gasteiger partial charge in [-0.25, -0.2) is 0 Å². The Balaban J connectivity index is 2.24. The van der Waals surface area contributed by atoms with Crippen molar-refractivity contribution >= 4 is 11.6 Å². The molecule has 20 heavy (non-hydrogen) atoms. The maximum Gasteiger partial charge on any atom is 0.262 e. The summed E-state index contributed by atoms with van der Waals surface area (Å²) in [4.78, 5) is 15.7. The maximum absolute atomic E-state index is 12.7. The summed E-state index contributed by atoms with van der Waals surface area (Å²) in [6.45, 7) is 0. The first-order chi connectivity index (χ1) is 9.56. The van der Waals surface area contributed by atoms with Gasteiger partial charge in [-0.3, -0.25) is 14.6 Å². The summed E-state index contributed by atoms with van der Waals surface area (Å²) in [5.74, 6) is -1.65. The summed E-state index contributed by atoms with van der Waals surface area (Å²) >= 11 is 0. The minimum atomic E-state index is -1.46. The fourth-order valence-electron chi connectivity index (χ4n) is 2.66. The molecule has 102 valence electrons. The Hall–Kier alpha value is -2.17. The lowest BCUT2D eigenvalue weighted by atomic mass is 10.1. The van der Waals surface area contributed by atoms with Gasteiger partial charge in [-0.2, -0.15) is 0 Å². The number of nitrogens with zero attached hydrogens (tertiary/aromatic N) is 2. The number of carbonyl (C=O) groups is 1. The summed E-state index contributed by atoms with van der Waals surface area (Å²) in [7, 11) is 3.51. The number of anilines is 1. The molecule has 0 aromatic heterocycles. The van der Waals surface area contributed by atoms with Crippen LogP contribution in [0.2, 0.25) is 0 Å². The van der Waals surface area contributed by atoms with E-state index in [0.717, 1.165) is 0 Å². The third kappa shape index (κ3) is 1.59. The van der Waals surface area contributed by atoms with Gasteiger partial charge in [0.2, 0.25) is 5.85 Å². The summed E-state index contributed by atoms with van der Waals surface area (Å²) < 4.78 is 0. The monoisotopic (exact) mass is 268 g/mol. The molecular formula is C16H16N2O2. The van der Waals surface area contributed by atoms with Gasteiger partial charge in [-0.1, -0.05) is 36.4 Å². The van der Waals surface area contributed by atoms with E-state index in [9.17, 15) is 9.90 Å². The van der Waals surface area contributed by atoms with E-state index in [2.05, 4.69) is 0 Å². The van der Waals surface area contributed by atoms with Gasteiger partial charge in [-0.05, 0) is 32.3 Å². The van der Waals surface area contributed by atoms with Crippen LogP contribution in [0.1, 0.15) is 15.9 Å². The minimum absolute atomic E-state index is 0.192. The highest BCUT2D eigenvalue weighted by Crippen LogP contribution is 2.41. The van der Waals surface area contributed by atoms with Crippen molar-refractivity contribution in [2.45, 2.75) is 5.85 Å². The second-order valence-electron chi connectivity index (χ2n) is 5.05. The number of rotatable bonds is 2. The predicted molar refractivity (Wildman–Crippen MR) is 77.3 cm³/mol. The largest absolute Gasteiger partial charge is 0.354 e. The number of amides is 1. The lowest BCUT2D eigenvalue weighted by Gasteiger charge is -2.39. The van der Waals surface area contributed by atoms with E-state index >= 15 is 0 Å². The van der Waals surface area contributed by atoms with Crippen molar-refractivity contribution in [1.82, 2.24) is 4.90 Å². The molecule has 0 radical (unpaired) electrons. The van der Waals surface area contributed by atoms with Crippen LogP contribution in [-0.2, 0) is 5.85 Å². The molecule has 0 aliphatic carbocycles. The lowest BCUT2D eigenvalue weighted by Crippen LogP contribution is -2.53. The Kier molecular flexibility index (Phi) is 2.85. The van der Waals surface area contributed by atoms with Crippen molar-refractivity contribution in [3.05, 3.63) is 65.7 Å². The Bertz CT molecular complexity index is 655. The molecule has 4 nitrogen and oxygen atoms in total. The average molecular weight is 268 g/mol. The molecule has 1 atom stereocenters. The van der Waals surface area contributed by atoms with Gasteiger partial charge in [0.15, 0.2) is 0 Å². The predicted octanol–water partition coefficient (Wildman–Crippen LogP) is 2.01. The molecule has 0 bridgehead atoms. The van der Waals surface area contributed by atoms with E-state index in [1.807, 2.05) is 36.4 Å². The summed E-state index contributed by atoms with van der Waals surface area (Å²) in [6, 6.07) is 16.4. The highest BCUT2D eigenvalue weighted by molar-refractivity contribution is 6.11. The molecule has 2 aromatic carbocycles. The van der Waals surface area contributed by atoms with Crippen molar-refractivity contribution < 1.29 is 9.90 Å². The van der Waals surface area contributed by atoms with Crippen LogP contribution in [0.5, 0.6) is 0 Å². The first-order valence-electron chi connectivity index (χ1n) is 6.45. The van der Waals surface area contributed by atoms with Crippen LogP contribution < -0.4 is 4.90 Å². The zero-order chi connectivity index (χ0) is 14.3. The van der Waals surface area contributed by atoms with Gasteiger partial charge in [0, 0.05) is 16.8 Å². The highest BCUT2D eigenvalue weighted by Gasteiger charge is 2.51. The fourth-order valence-corrected chi connectivity index (χ4v) is 2.66. The molecule has 0 saturated carbocycles. The number of hydrogen-bond acceptors (Lipinski definition) is 3. The molecule has 1 N–H and O–H groups in total. The summed E-state index contributed by atoms with van der Waals surface area (Å²) in [5, 5.41) is 11.1. The van der Waals surface area contributed by atoms with Crippen LogP contribution in [0.4, 0.5) is 5.69 Å². The zero-order valence-electron chi connectivity index (χ0n) is 11.4. The molecule has 0 spiro atoms. The van der Waals surface area contributed by atoms with E-state index < -0.39 is 5.85 Å². The molecule has 0 saturated heterocycles. The first-order valence-corrected chi connectivity index (χ1v) is 6.45. The van der Waals surface area contributed by atoms with E-state index in [1.54, 1.807) is 37.2 Å². The van der Waals surface area contributed by atoms with Crippen LogP contribution in [-0.4, -0.2) is 30.0 Å². The van der Waals surface area contributed by atoms with E-state index in [1.165, 1.54) is 4.90 Å². The van der Waals surface area contributed by atoms with Gasteiger partial charge in [0.1, 0.15) is 0 Å². The van der Waals surface area contributed by atoms with Gasteiger partial charge < -0.3 is 5.11 Å². The van der Waals surface area contributed by atoms with Gasteiger partial charge in [-0.15, -0.1) is 0 Å². The third-order valence-electron chi connectivity index (χ3n) is 3.67. The molecule has 3 rings (SSSR count). The third-order valence-corrected chi connectivity index (χ3v) is 3.67. The molecule has 1 aliphatic heterocycles. The topological polar surface area (TPSA) is 43.8 Å². The molecule has 1 amide bonds. The number of hydrogen-bond donors (Lipinski definition) is 1. The SMILES string of the molecule is CN(C)C1(O)c2ccccc2C(=O)N1c1ccccc1. The van der Waals surface area contributed by atoms with Crippen molar-refractivity contribution in [1.29, 1.82) is 0 Å². The average Bonchev–Trinajstić information content (AvgIpc) is 2.70. The first kappa shape index (κ1) is 12.8. The van der Waals surface area contributed by atoms with Crippen molar-refractivity contribution in [2.24, 2.45) is 0 Å². The van der Waals surface area contributed by atoms with Crippen molar-refractivity contribution in [3.8, 4) is 0 Å². The van der Waals surface area contributed by atoms with Crippen LogP contribution in [0.25, 0.3) is 0 Å². The molecule has 0 fully saturated rings. The van der Waals surface area contributed by atoms with Crippen LogP contribution in [0, 0.1) is 0 Å². The van der Waals surface area contributed by atoms with E-state index in [0.29, 0.717) is 16.8 Å². The minimum Gasteiger partial charge on any atom is -0.354 e. The van der Waals surface area contributed by atoms with Crippen molar-refractivity contribution in [2.75, 3.05) is 19.0 Å². The Morgan fingerprint density at radius 1 is 1.00 bits per heavy atom. The van der Waals surface area contributed by atoms with Crippen LogP contribution in [0.15, 0.2) is 54.6 Å². The zero-order valence-corrected chi connectivity index (χ0v) is 11.4. The number of aliphatic hydroxyl groups is 1. The molecule has 1 unspecified atom stereocenters. The van der Waals surface area contributed by atoms with Gasteiger partial charge in [0.05, 0.1) is 0 Å². The highest BCUT2D eigenvalue weighted by atomic mass is 16.3. The van der Waals surface area contributed by atoms with E-state index in [-0.39, 0.29) is 5.91 Å². The standard InChI is InChI=1S/C16H16N2O2/c1-17(2)16(20)14-11-7-6-10-13(14)15(19)18(16)12-8-4-3-5-9-12/h3-11,20H,1-2H3. The Labute approximate surface area is 117 Å². The molecule has 2 aromatic rings. The summed E-state index contributed by atoms with van der Waals surface area (Å²) in [6.07, 6.45) is 0. The second kappa shape index (κ2) is 4.44. The number of carbonyl (C=O) groups excluding carboxylic acids is 1. The molecule has 1 aliphatic rings. The molecule has 4 heteroatoms. The van der Waals surface area contributed by atoms with Crippen LogP contribution >= 0.6 is 0 Å².